The zero-order valence-corrected chi connectivity index (χ0v) is 17.6. The van der Waals surface area contributed by atoms with E-state index in [1.54, 1.807) is 0 Å². The van der Waals surface area contributed by atoms with E-state index in [1.807, 2.05) is 6.92 Å². The zero-order chi connectivity index (χ0) is 22.6. The van der Waals surface area contributed by atoms with E-state index >= 15 is 0 Å². The second-order valence-corrected chi connectivity index (χ2v) is 5.96. The average Bonchev–Trinajstić information content (AvgIpc) is 2.67. The van der Waals surface area contributed by atoms with Gasteiger partial charge in [-0.25, -0.2) is 9.59 Å². The Morgan fingerprint density at radius 2 is 1.53 bits per heavy atom. The summed E-state index contributed by atoms with van der Waals surface area (Å²) in [6.45, 7) is 4.39. The normalized spacial score (nSPS) is 10.5. The molecule has 0 spiro atoms. The van der Waals surface area contributed by atoms with Crippen molar-refractivity contribution in [2.24, 2.45) is 0 Å². The topological polar surface area (TPSA) is 150 Å². The van der Waals surface area contributed by atoms with E-state index in [1.165, 1.54) is 11.8 Å². The summed E-state index contributed by atoms with van der Waals surface area (Å²) in [6, 6.07) is 0. The van der Waals surface area contributed by atoms with Crippen LogP contribution in [-0.2, 0) is 38.1 Å². The van der Waals surface area contributed by atoms with Gasteiger partial charge in [0.15, 0.2) is 0 Å². The SMILES string of the molecule is CCCOC(=O)NCCOCCOCC(=O)OCCN(CCOC(C)=O)CC(=O)O. The van der Waals surface area contributed by atoms with Gasteiger partial charge in [0.05, 0.1) is 33.0 Å². The maximum Gasteiger partial charge on any atom is 0.407 e. The van der Waals surface area contributed by atoms with Crippen molar-refractivity contribution in [3.63, 3.8) is 0 Å². The summed E-state index contributed by atoms with van der Waals surface area (Å²) >= 11 is 0. The number of carbonyl (C=O) groups is 4. The Bertz CT molecular complexity index is 515. The van der Waals surface area contributed by atoms with Crippen LogP contribution in [0.25, 0.3) is 0 Å². The maximum atomic E-state index is 11.6. The van der Waals surface area contributed by atoms with Crippen LogP contribution in [0.1, 0.15) is 20.3 Å². The lowest BCUT2D eigenvalue weighted by Gasteiger charge is -2.19. The van der Waals surface area contributed by atoms with E-state index < -0.39 is 24.0 Å². The van der Waals surface area contributed by atoms with Crippen molar-refractivity contribution >= 4 is 24.0 Å². The van der Waals surface area contributed by atoms with Gasteiger partial charge in [0.25, 0.3) is 0 Å². The zero-order valence-electron chi connectivity index (χ0n) is 17.6. The molecular weight excluding hydrogens is 404 g/mol. The van der Waals surface area contributed by atoms with E-state index in [4.69, 9.17) is 28.8 Å². The second kappa shape index (κ2) is 18.6. The molecule has 30 heavy (non-hydrogen) atoms. The van der Waals surface area contributed by atoms with Crippen LogP contribution in [-0.4, -0.2) is 106 Å². The molecule has 0 atom stereocenters. The molecule has 174 valence electrons. The van der Waals surface area contributed by atoms with Crippen LogP contribution in [0.15, 0.2) is 0 Å². The van der Waals surface area contributed by atoms with Gasteiger partial charge in [-0.05, 0) is 6.42 Å². The summed E-state index contributed by atoms with van der Waals surface area (Å²) in [5, 5.41) is 11.4. The third-order valence-corrected chi connectivity index (χ3v) is 3.29. The number of aliphatic carboxylic acids is 1. The van der Waals surface area contributed by atoms with Crippen LogP contribution in [0, 0.1) is 0 Å². The quantitative estimate of drug-likeness (QED) is 0.165. The molecule has 0 fully saturated rings. The van der Waals surface area contributed by atoms with Crippen LogP contribution in [0.4, 0.5) is 4.79 Å². The van der Waals surface area contributed by atoms with Gasteiger partial charge in [0.1, 0.15) is 19.8 Å². The number of carboxylic acids is 1. The largest absolute Gasteiger partial charge is 0.480 e. The average molecular weight is 436 g/mol. The number of amides is 1. The molecule has 12 heteroatoms. The molecule has 0 rings (SSSR count). The number of esters is 2. The fourth-order valence-corrected chi connectivity index (χ4v) is 1.96. The Balaban J connectivity index is 3.69. The van der Waals surface area contributed by atoms with Gasteiger partial charge in [-0.2, -0.15) is 0 Å². The molecule has 0 heterocycles. The summed E-state index contributed by atoms with van der Waals surface area (Å²) in [4.78, 5) is 45.8. The van der Waals surface area contributed by atoms with Crippen LogP contribution >= 0.6 is 0 Å². The van der Waals surface area contributed by atoms with Gasteiger partial charge in [0, 0.05) is 26.6 Å². The van der Waals surface area contributed by atoms with E-state index in [0.29, 0.717) is 13.2 Å². The third kappa shape index (κ3) is 18.9. The molecule has 0 aliphatic heterocycles. The first kappa shape index (κ1) is 27.6. The third-order valence-electron chi connectivity index (χ3n) is 3.29. The molecule has 0 aromatic heterocycles. The van der Waals surface area contributed by atoms with E-state index in [0.717, 1.165) is 6.42 Å². The van der Waals surface area contributed by atoms with Crippen LogP contribution in [0.5, 0.6) is 0 Å². The number of alkyl carbamates (subject to hydrolysis) is 1. The van der Waals surface area contributed by atoms with E-state index in [9.17, 15) is 19.2 Å². The highest BCUT2D eigenvalue weighted by Crippen LogP contribution is 1.92. The first-order valence-corrected chi connectivity index (χ1v) is 9.64. The molecule has 12 nitrogen and oxygen atoms in total. The first-order valence-electron chi connectivity index (χ1n) is 9.64. The predicted molar refractivity (Wildman–Crippen MR) is 103 cm³/mol. The van der Waals surface area contributed by atoms with Gasteiger partial charge in [0.2, 0.25) is 0 Å². The highest BCUT2D eigenvalue weighted by molar-refractivity contribution is 5.70. The Morgan fingerprint density at radius 3 is 2.17 bits per heavy atom. The van der Waals surface area contributed by atoms with Gasteiger partial charge >= 0.3 is 24.0 Å². The summed E-state index contributed by atoms with van der Waals surface area (Å²) in [5.41, 5.74) is 0. The molecule has 0 aliphatic rings. The van der Waals surface area contributed by atoms with Gasteiger partial charge in [-0.15, -0.1) is 0 Å². The van der Waals surface area contributed by atoms with E-state index in [-0.39, 0.29) is 59.3 Å². The molecule has 0 saturated carbocycles. The number of nitrogens with zero attached hydrogens (tertiary/aromatic N) is 1. The van der Waals surface area contributed by atoms with Crippen molar-refractivity contribution in [1.82, 2.24) is 10.2 Å². The van der Waals surface area contributed by atoms with Crippen molar-refractivity contribution in [3.8, 4) is 0 Å². The molecule has 0 saturated heterocycles. The van der Waals surface area contributed by atoms with Crippen molar-refractivity contribution in [3.05, 3.63) is 0 Å². The number of hydrogen-bond acceptors (Lipinski definition) is 10. The number of ether oxygens (including phenoxy) is 5. The Labute approximate surface area is 175 Å². The number of rotatable bonds is 18. The highest BCUT2D eigenvalue weighted by atomic mass is 16.6. The Morgan fingerprint density at radius 1 is 0.867 bits per heavy atom. The van der Waals surface area contributed by atoms with Gasteiger partial charge in [-0.3, -0.25) is 14.5 Å². The number of hydrogen-bond donors (Lipinski definition) is 2. The van der Waals surface area contributed by atoms with Crippen molar-refractivity contribution in [1.29, 1.82) is 0 Å². The summed E-state index contributed by atoms with van der Waals surface area (Å²) in [6.07, 6.45) is 0.258. The molecule has 0 aromatic carbocycles. The minimum atomic E-state index is -1.04. The van der Waals surface area contributed by atoms with Crippen LogP contribution in [0.3, 0.4) is 0 Å². The minimum absolute atomic E-state index is 0.0220. The fraction of sp³-hybridized carbons (Fsp3) is 0.778. The molecule has 0 aliphatic carbocycles. The highest BCUT2D eigenvalue weighted by Gasteiger charge is 2.11. The van der Waals surface area contributed by atoms with Crippen molar-refractivity contribution < 1.29 is 48.0 Å². The molecule has 2 N–H and O–H groups in total. The molecule has 0 radical (unpaired) electrons. The number of carbonyl (C=O) groups excluding carboxylic acids is 3. The summed E-state index contributed by atoms with van der Waals surface area (Å²) < 4.78 is 24.9. The molecule has 0 unspecified atom stereocenters. The Hall–Kier alpha value is -2.44. The number of nitrogens with one attached hydrogen (secondary N) is 1. The summed E-state index contributed by atoms with van der Waals surface area (Å²) in [5.74, 6) is -2.09. The second-order valence-electron chi connectivity index (χ2n) is 5.96. The lowest BCUT2D eigenvalue weighted by Crippen LogP contribution is -2.36. The smallest absolute Gasteiger partial charge is 0.407 e. The van der Waals surface area contributed by atoms with Crippen LogP contribution < -0.4 is 5.32 Å². The van der Waals surface area contributed by atoms with Gasteiger partial charge in [-0.1, -0.05) is 6.92 Å². The lowest BCUT2D eigenvalue weighted by atomic mass is 10.4. The Kier molecular flexibility index (Phi) is 17.1. The van der Waals surface area contributed by atoms with Gasteiger partial charge < -0.3 is 34.1 Å². The molecular formula is C18H32N2O10. The molecule has 0 aromatic rings. The standard InChI is InChI=1S/C18H32N2O10/c1-3-7-30-18(25)19-4-8-26-11-12-27-14-17(24)29-10-6-20(13-16(22)23)5-9-28-15(2)21/h3-14H2,1-2H3,(H,19,25)(H,22,23). The predicted octanol–water partition coefficient (Wildman–Crippen LogP) is -0.351. The minimum Gasteiger partial charge on any atom is -0.480 e. The maximum absolute atomic E-state index is 11.6. The number of carboxylic acid groups (broad SMARTS) is 1. The van der Waals surface area contributed by atoms with E-state index in [2.05, 4.69) is 5.32 Å². The lowest BCUT2D eigenvalue weighted by molar-refractivity contribution is -0.150. The molecule has 1 amide bonds. The summed E-state index contributed by atoms with van der Waals surface area (Å²) in [7, 11) is 0. The van der Waals surface area contributed by atoms with Crippen LogP contribution in [0.2, 0.25) is 0 Å². The van der Waals surface area contributed by atoms with Crippen molar-refractivity contribution in [2.75, 3.05) is 72.4 Å². The first-order chi connectivity index (χ1) is 14.3. The van der Waals surface area contributed by atoms with Crippen molar-refractivity contribution in [2.45, 2.75) is 20.3 Å². The monoisotopic (exact) mass is 436 g/mol. The fourth-order valence-electron chi connectivity index (χ4n) is 1.96. The molecule has 0 bridgehead atoms.